The number of fused-ring (bicyclic) bond motifs is 1. The number of nitrogens with zero attached hydrogens (tertiary/aromatic N) is 1. The third-order valence-corrected chi connectivity index (χ3v) is 5.05. The number of aromatic nitrogens is 1. The average Bonchev–Trinajstić information content (AvgIpc) is 3.36. The molecule has 2 heterocycles. The zero-order valence-corrected chi connectivity index (χ0v) is 14.0. The van der Waals surface area contributed by atoms with Crippen molar-refractivity contribution in [2.24, 2.45) is 0 Å². The maximum Gasteiger partial charge on any atom is 0.248 e. The van der Waals surface area contributed by atoms with E-state index in [9.17, 15) is 4.79 Å². The Hall–Kier alpha value is -2.27. The summed E-state index contributed by atoms with van der Waals surface area (Å²) in [7, 11) is 1.67. The monoisotopic (exact) mass is 326 g/mol. The number of hydrogen-bond donors (Lipinski definition) is 1. The number of rotatable bonds is 3. The van der Waals surface area contributed by atoms with Gasteiger partial charge >= 0.3 is 0 Å². The van der Waals surface area contributed by atoms with Crippen LogP contribution in [0.4, 0.5) is 0 Å². The highest BCUT2D eigenvalue weighted by Crippen LogP contribution is 2.46. The van der Waals surface area contributed by atoms with Crippen molar-refractivity contribution < 1.29 is 9.47 Å². The van der Waals surface area contributed by atoms with Crippen LogP contribution in [0, 0.1) is 0 Å². The summed E-state index contributed by atoms with van der Waals surface area (Å²) < 4.78 is 11.5. The van der Waals surface area contributed by atoms with E-state index in [0.29, 0.717) is 0 Å². The van der Waals surface area contributed by atoms with Gasteiger partial charge in [0.25, 0.3) is 0 Å². The van der Waals surface area contributed by atoms with Crippen LogP contribution in [-0.2, 0) is 6.54 Å². The topological polar surface area (TPSA) is 54.6 Å². The molecule has 1 atom stereocenters. The summed E-state index contributed by atoms with van der Waals surface area (Å²) in [6, 6.07) is 11.6. The second kappa shape index (κ2) is 5.67. The number of benzene rings is 1. The molecule has 5 heteroatoms. The Morgan fingerprint density at radius 1 is 1.25 bits per heavy atom. The Morgan fingerprint density at radius 2 is 2.00 bits per heavy atom. The molecule has 1 N–H and O–H groups in total. The Bertz CT molecular complexity index is 793. The lowest BCUT2D eigenvalue weighted by atomic mass is 10.1. The van der Waals surface area contributed by atoms with E-state index >= 15 is 0 Å². The molecule has 1 fully saturated rings. The molecule has 2 aromatic rings. The van der Waals surface area contributed by atoms with Gasteiger partial charge in [0.15, 0.2) is 0 Å². The van der Waals surface area contributed by atoms with E-state index in [0.717, 1.165) is 43.1 Å². The quantitative estimate of drug-likeness (QED) is 0.942. The van der Waals surface area contributed by atoms with Gasteiger partial charge < -0.3 is 14.5 Å². The second-order valence-corrected chi connectivity index (χ2v) is 6.81. The summed E-state index contributed by atoms with van der Waals surface area (Å²) in [5, 5.41) is 0. The fourth-order valence-electron chi connectivity index (χ4n) is 3.39. The first-order valence-electron chi connectivity index (χ1n) is 8.38. The number of pyridine rings is 1. The zero-order chi connectivity index (χ0) is 16.7. The first kappa shape index (κ1) is 15.3. The Labute approximate surface area is 141 Å². The van der Waals surface area contributed by atoms with Gasteiger partial charge in [0, 0.05) is 19.2 Å². The molecule has 5 nitrogen and oxygen atoms in total. The van der Waals surface area contributed by atoms with Crippen molar-refractivity contribution >= 4 is 0 Å². The van der Waals surface area contributed by atoms with Crippen molar-refractivity contribution in [1.29, 1.82) is 0 Å². The number of aromatic amines is 1. The summed E-state index contributed by atoms with van der Waals surface area (Å²) in [4.78, 5) is 17.1. The molecular formula is C19H22N2O3. The summed E-state index contributed by atoms with van der Waals surface area (Å²) in [6.07, 6.45) is 2.13. The van der Waals surface area contributed by atoms with Crippen LogP contribution in [0.1, 0.15) is 37.1 Å². The minimum atomic E-state index is -0.0930. The highest BCUT2D eigenvalue weighted by molar-refractivity contribution is 5.33. The van der Waals surface area contributed by atoms with E-state index in [4.69, 9.17) is 9.47 Å². The van der Waals surface area contributed by atoms with Crippen LogP contribution >= 0.6 is 0 Å². The number of ether oxygens (including phenoxy) is 2. The number of H-pyrrole nitrogens is 1. The smallest absolute Gasteiger partial charge is 0.248 e. The lowest BCUT2D eigenvalue weighted by Crippen LogP contribution is -2.35. The molecule has 0 radical (unpaired) electrons. The molecule has 2 aliphatic rings. The molecule has 4 rings (SSSR count). The third-order valence-electron chi connectivity index (χ3n) is 5.05. The molecule has 0 bridgehead atoms. The van der Waals surface area contributed by atoms with Gasteiger partial charge in [-0.25, -0.2) is 0 Å². The highest BCUT2D eigenvalue weighted by Gasteiger charge is 2.49. The van der Waals surface area contributed by atoms with Gasteiger partial charge in [-0.3, -0.25) is 9.69 Å². The van der Waals surface area contributed by atoms with E-state index in [1.165, 1.54) is 5.56 Å². The second-order valence-electron chi connectivity index (χ2n) is 6.81. The maximum atomic E-state index is 11.8. The lowest BCUT2D eigenvalue weighted by Gasteiger charge is -2.28. The molecule has 0 saturated heterocycles. The van der Waals surface area contributed by atoms with Crippen LogP contribution in [0.25, 0.3) is 0 Å². The summed E-state index contributed by atoms with van der Waals surface area (Å²) in [6.45, 7) is 3.81. The standard InChI is InChI=1S/C19H22N2O3/c1-13-18-16(7-8-17(22)20-18)24-19(9-10-19)12-21(13)11-14-3-5-15(23-2)6-4-14/h3-8,13H,9-12H2,1-2H3,(H,20,22)/t13-/m0/s1. The van der Waals surface area contributed by atoms with E-state index < -0.39 is 0 Å². The van der Waals surface area contributed by atoms with Crippen LogP contribution in [-0.4, -0.2) is 29.1 Å². The third kappa shape index (κ3) is 2.80. The summed E-state index contributed by atoms with van der Waals surface area (Å²) in [5.74, 6) is 1.68. The molecular weight excluding hydrogens is 304 g/mol. The molecule has 0 amide bonds. The van der Waals surface area contributed by atoms with Gasteiger partial charge in [0.1, 0.15) is 17.1 Å². The molecule has 126 valence electrons. The molecule has 1 spiro atoms. The van der Waals surface area contributed by atoms with E-state index in [1.54, 1.807) is 13.2 Å². The van der Waals surface area contributed by atoms with Crippen molar-refractivity contribution in [2.45, 2.75) is 38.0 Å². The lowest BCUT2D eigenvalue weighted by molar-refractivity contribution is 0.107. The van der Waals surface area contributed by atoms with E-state index in [1.807, 2.05) is 18.2 Å². The number of methoxy groups -OCH3 is 1. The van der Waals surface area contributed by atoms with Gasteiger partial charge in [-0.2, -0.15) is 0 Å². The van der Waals surface area contributed by atoms with Crippen LogP contribution in [0.2, 0.25) is 0 Å². The molecule has 1 aliphatic heterocycles. The van der Waals surface area contributed by atoms with Crippen molar-refractivity contribution in [1.82, 2.24) is 9.88 Å². The zero-order valence-electron chi connectivity index (χ0n) is 14.0. The summed E-state index contributed by atoms with van der Waals surface area (Å²) >= 11 is 0. The van der Waals surface area contributed by atoms with Gasteiger partial charge in [-0.15, -0.1) is 0 Å². The van der Waals surface area contributed by atoms with Crippen LogP contribution in [0.15, 0.2) is 41.2 Å². The van der Waals surface area contributed by atoms with E-state index in [-0.39, 0.29) is 17.2 Å². The van der Waals surface area contributed by atoms with Gasteiger partial charge in [0.2, 0.25) is 5.56 Å². The minimum Gasteiger partial charge on any atom is -0.497 e. The molecule has 1 aliphatic carbocycles. The van der Waals surface area contributed by atoms with Crippen molar-refractivity contribution in [3.63, 3.8) is 0 Å². The minimum absolute atomic E-state index is 0.0830. The predicted molar refractivity (Wildman–Crippen MR) is 91.5 cm³/mol. The van der Waals surface area contributed by atoms with Crippen LogP contribution in [0.3, 0.4) is 0 Å². The Balaban J connectivity index is 1.65. The molecule has 0 unspecified atom stereocenters. The summed E-state index contributed by atoms with van der Waals surface area (Å²) in [5.41, 5.74) is 1.92. The van der Waals surface area contributed by atoms with Gasteiger partial charge in [-0.1, -0.05) is 12.1 Å². The fourth-order valence-corrected chi connectivity index (χ4v) is 3.39. The van der Waals surface area contributed by atoms with Gasteiger partial charge in [0.05, 0.1) is 18.8 Å². The first-order valence-corrected chi connectivity index (χ1v) is 8.38. The van der Waals surface area contributed by atoms with Crippen molar-refractivity contribution in [3.05, 3.63) is 58.0 Å². The molecule has 1 aromatic carbocycles. The average molecular weight is 326 g/mol. The number of nitrogens with one attached hydrogen (secondary N) is 1. The largest absolute Gasteiger partial charge is 0.497 e. The Kier molecular flexibility index (Phi) is 3.61. The van der Waals surface area contributed by atoms with Gasteiger partial charge in [-0.05, 0) is 43.5 Å². The molecule has 1 aromatic heterocycles. The van der Waals surface area contributed by atoms with Crippen LogP contribution in [0.5, 0.6) is 11.5 Å². The van der Waals surface area contributed by atoms with Crippen LogP contribution < -0.4 is 15.0 Å². The maximum absolute atomic E-state index is 11.8. The number of hydrogen-bond acceptors (Lipinski definition) is 4. The SMILES string of the molecule is COc1ccc(CN2CC3(CC3)Oc3ccc(=O)[nH]c3[C@@H]2C)cc1. The fraction of sp³-hybridized carbons (Fsp3) is 0.421. The Morgan fingerprint density at radius 3 is 2.67 bits per heavy atom. The van der Waals surface area contributed by atoms with E-state index in [2.05, 4.69) is 28.9 Å². The first-order chi connectivity index (χ1) is 11.6. The molecule has 24 heavy (non-hydrogen) atoms. The van der Waals surface area contributed by atoms with Crippen molar-refractivity contribution in [3.8, 4) is 11.5 Å². The molecule has 1 saturated carbocycles. The predicted octanol–water partition coefficient (Wildman–Crippen LogP) is 2.87. The normalized spacial score (nSPS) is 21.7. The highest BCUT2D eigenvalue weighted by atomic mass is 16.5. The van der Waals surface area contributed by atoms with Crippen molar-refractivity contribution in [2.75, 3.05) is 13.7 Å².